The fourth-order valence-corrected chi connectivity index (χ4v) is 2.90. The highest BCUT2D eigenvalue weighted by Gasteiger charge is 2.34. The summed E-state index contributed by atoms with van der Waals surface area (Å²) >= 11 is 0. The molecule has 1 rings (SSSR count). The van der Waals surface area contributed by atoms with Gasteiger partial charge in [-0.3, -0.25) is 4.79 Å². The van der Waals surface area contributed by atoms with Gasteiger partial charge in [-0.15, -0.1) is 0 Å². The molecular weight excluding hydrogens is 212 g/mol. The van der Waals surface area contributed by atoms with Gasteiger partial charge in [-0.1, -0.05) is 33.6 Å². The molecule has 0 aromatic rings. The molecule has 1 saturated carbocycles. The Labute approximate surface area is 106 Å². The van der Waals surface area contributed by atoms with Crippen molar-refractivity contribution < 1.29 is 4.79 Å². The Balaban J connectivity index is 2.57. The van der Waals surface area contributed by atoms with Crippen molar-refractivity contribution in [3.05, 3.63) is 0 Å². The summed E-state index contributed by atoms with van der Waals surface area (Å²) in [6.45, 7) is 8.69. The van der Waals surface area contributed by atoms with Crippen molar-refractivity contribution >= 4 is 5.91 Å². The smallest absolute Gasteiger partial charge is 0.221 e. The minimum absolute atomic E-state index is 0.0494. The van der Waals surface area contributed by atoms with E-state index in [9.17, 15) is 4.79 Å². The molecule has 3 atom stereocenters. The highest BCUT2D eigenvalue weighted by Crippen LogP contribution is 2.37. The molecule has 100 valence electrons. The lowest BCUT2D eigenvalue weighted by Gasteiger charge is -2.40. The molecule has 1 aliphatic rings. The Morgan fingerprint density at radius 1 is 1.35 bits per heavy atom. The van der Waals surface area contributed by atoms with Crippen molar-refractivity contribution in [2.24, 2.45) is 17.1 Å². The van der Waals surface area contributed by atoms with Crippen LogP contribution in [-0.4, -0.2) is 18.0 Å². The Bertz CT molecular complexity index is 255. The number of rotatable bonds is 3. The van der Waals surface area contributed by atoms with Crippen molar-refractivity contribution in [3.8, 4) is 0 Å². The maximum Gasteiger partial charge on any atom is 0.221 e. The molecule has 17 heavy (non-hydrogen) atoms. The number of hydrogen-bond donors (Lipinski definition) is 2. The van der Waals surface area contributed by atoms with E-state index in [2.05, 4.69) is 26.1 Å². The number of carbonyl (C=O) groups is 1. The first-order valence-corrected chi connectivity index (χ1v) is 6.85. The topological polar surface area (TPSA) is 55.1 Å². The fraction of sp³-hybridized carbons (Fsp3) is 0.929. The molecule has 0 bridgehead atoms. The van der Waals surface area contributed by atoms with E-state index in [0.29, 0.717) is 18.4 Å². The quantitative estimate of drug-likeness (QED) is 0.796. The van der Waals surface area contributed by atoms with Gasteiger partial charge in [-0.05, 0) is 31.1 Å². The second-order valence-electron chi connectivity index (χ2n) is 6.61. The number of nitrogens with two attached hydrogens (primary N) is 1. The van der Waals surface area contributed by atoms with Gasteiger partial charge in [0, 0.05) is 18.5 Å². The summed E-state index contributed by atoms with van der Waals surface area (Å²) in [6.07, 6.45) is 5.31. The van der Waals surface area contributed by atoms with Gasteiger partial charge < -0.3 is 11.1 Å². The van der Waals surface area contributed by atoms with Crippen LogP contribution in [-0.2, 0) is 4.79 Å². The molecule has 3 heteroatoms. The summed E-state index contributed by atoms with van der Waals surface area (Å²) in [6, 6.07) is 0.293. The fourth-order valence-electron chi connectivity index (χ4n) is 2.90. The summed E-state index contributed by atoms with van der Waals surface area (Å²) in [5.74, 6) is 0.703. The van der Waals surface area contributed by atoms with Gasteiger partial charge in [0.15, 0.2) is 0 Å². The minimum atomic E-state index is -0.0494. The minimum Gasteiger partial charge on any atom is -0.353 e. The number of carbonyl (C=O) groups excluding carboxylic acids is 1. The highest BCUT2D eigenvalue weighted by atomic mass is 16.1. The monoisotopic (exact) mass is 240 g/mol. The number of hydrogen-bond acceptors (Lipinski definition) is 2. The van der Waals surface area contributed by atoms with Crippen LogP contribution in [0.2, 0.25) is 0 Å². The summed E-state index contributed by atoms with van der Waals surface area (Å²) in [5, 5.41) is 3.19. The molecule has 0 aromatic carbocycles. The van der Waals surface area contributed by atoms with Crippen LogP contribution in [0, 0.1) is 11.3 Å². The molecule has 1 aliphatic carbocycles. The van der Waals surface area contributed by atoms with Gasteiger partial charge >= 0.3 is 0 Å². The van der Waals surface area contributed by atoms with Crippen LogP contribution >= 0.6 is 0 Å². The predicted octanol–water partition coefficient (Wildman–Crippen LogP) is 2.44. The second kappa shape index (κ2) is 5.85. The molecule has 3 unspecified atom stereocenters. The van der Waals surface area contributed by atoms with Crippen LogP contribution in [0.15, 0.2) is 0 Å². The molecule has 3 nitrogen and oxygen atoms in total. The third-order valence-corrected chi connectivity index (χ3v) is 3.73. The molecule has 0 aliphatic heterocycles. The Morgan fingerprint density at radius 3 is 2.47 bits per heavy atom. The van der Waals surface area contributed by atoms with Crippen molar-refractivity contribution in [2.75, 3.05) is 0 Å². The molecular formula is C14H28N2O. The van der Waals surface area contributed by atoms with Crippen molar-refractivity contribution in [3.63, 3.8) is 0 Å². The zero-order valence-corrected chi connectivity index (χ0v) is 11.8. The van der Waals surface area contributed by atoms with Gasteiger partial charge in [0.05, 0.1) is 0 Å². The summed E-state index contributed by atoms with van der Waals surface area (Å²) in [5.41, 5.74) is 5.93. The molecule has 0 aromatic heterocycles. The van der Waals surface area contributed by atoms with E-state index < -0.39 is 0 Å². The predicted molar refractivity (Wildman–Crippen MR) is 71.6 cm³/mol. The van der Waals surface area contributed by atoms with Crippen molar-refractivity contribution in [1.29, 1.82) is 0 Å². The lowest BCUT2D eigenvalue weighted by atomic mass is 9.69. The van der Waals surface area contributed by atoms with Crippen molar-refractivity contribution in [2.45, 2.75) is 71.9 Å². The maximum atomic E-state index is 11.8. The second-order valence-corrected chi connectivity index (χ2v) is 6.61. The molecule has 0 spiro atoms. The van der Waals surface area contributed by atoms with E-state index in [4.69, 9.17) is 5.73 Å². The van der Waals surface area contributed by atoms with E-state index >= 15 is 0 Å². The Hall–Kier alpha value is -0.570. The average molecular weight is 240 g/mol. The van der Waals surface area contributed by atoms with E-state index in [0.717, 1.165) is 6.42 Å². The molecule has 1 amide bonds. The third kappa shape index (κ3) is 4.66. The first-order valence-electron chi connectivity index (χ1n) is 6.85. The molecule has 0 radical (unpaired) electrons. The summed E-state index contributed by atoms with van der Waals surface area (Å²) < 4.78 is 0. The molecule has 0 heterocycles. The van der Waals surface area contributed by atoms with Gasteiger partial charge in [-0.2, -0.15) is 0 Å². The molecule has 1 fully saturated rings. The number of amides is 1. The molecule has 0 saturated heterocycles. The lowest BCUT2D eigenvalue weighted by molar-refractivity contribution is -0.123. The summed E-state index contributed by atoms with van der Waals surface area (Å²) in [4.78, 5) is 11.8. The zero-order chi connectivity index (χ0) is 13.1. The van der Waals surface area contributed by atoms with Crippen LogP contribution in [0.25, 0.3) is 0 Å². The lowest BCUT2D eigenvalue weighted by Crippen LogP contribution is -2.47. The van der Waals surface area contributed by atoms with Crippen LogP contribution in [0.4, 0.5) is 0 Å². The van der Waals surface area contributed by atoms with Crippen molar-refractivity contribution in [1.82, 2.24) is 5.32 Å². The van der Waals surface area contributed by atoms with Gasteiger partial charge in [0.25, 0.3) is 0 Å². The van der Waals surface area contributed by atoms with Crippen LogP contribution in [0.1, 0.15) is 59.8 Å². The average Bonchev–Trinajstić information content (AvgIpc) is 2.15. The zero-order valence-electron chi connectivity index (χ0n) is 11.8. The first-order chi connectivity index (χ1) is 7.80. The largest absolute Gasteiger partial charge is 0.353 e. The normalized spacial score (nSPS) is 27.6. The van der Waals surface area contributed by atoms with Crippen LogP contribution in [0.3, 0.4) is 0 Å². The van der Waals surface area contributed by atoms with Crippen LogP contribution < -0.4 is 11.1 Å². The third-order valence-electron chi connectivity index (χ3n) is 3.73. The van der Waals surface area contributed by atoms with Crippen LogP contribution in [0.5, 0.6) is 0 Å². The molecule has 3 N–H and O–H groups in total. The highest BCUT2D eigenvalue weighted by molar-refractivity contribution is 5.76. The SMILES string of the molecule is CC(N)CC(=O)NC1CCCCC1C(C)(C)C. The first kappa shape index (κ1) is 14.5. The Kier molecular flexibility index (Phi) is 4.99. The standard InChI is InChI=1S/C14H28N2O/c1-10(15)9-13(17)16-12-8-6-5-7-11(12)14(2,3)4/h10-12H,5-9,15H2,1-4H3,(H,16,17). The summed E-state index contributed by atoms with van der Waals surface area (Å²) in [7, 11) is 0. The van der Waals surface area contributed by atoms with E-state index in [-0.39, 0.29) is 17.4 Å². The number of nitrogens with one attached hydrogen (secondary N) is 1. The van der Waals surface area contributed by atoms with Gasteiger partial charge in [0.2, 0.25) is 5.91 Å². The van der Waals surface area contributed by atoms with E-state index in [1.807, 2.05) is 6.92 Å². The van der Waals surface area contributed by atoms with E-state index in [1.54, 1.807) is 0 Å². The Morgan fingerprint density at radius 2 is 1.94 bits per heavy atom. The van der Waals surface area contributed by atoms with Gasteiger partial charge in [0.1, 0.15) is 0 Å². The van der Waals surface area contributed by atoms with Gasteiger partial charge in [-0.25, -0.2) is 0 Å². The van der Waals surface area contributed by atoms with E-state index in [1.165, 1.54) is 19.3 Å². The maximum absolute atomic E-state index is 11.8.